The molecule has 29 heavy (non-hydrogen) atoms. The number of benzene rings is 2. The summed E-state index contributed by atoms with van der Waals surface area (Å²) in [5.41, 5.74) is 2.83. The quantitative estimate of drug-likeness (QED) is 0.583. The van der Waals surface area contributed by atoms with Crippen LogP contribution in [0.2, 0.25) is 0 Å². The third-order valence-electron chi connectivity index (χ3n) is 4.71. The lowest BCUT2D eigenvalue weighted by Crippen LogP contribution is -2.32. The third kappa shape index (κ3) is 4.69. The summed E-state index contributed by atoms with van der Waals surface area (Å²) in [5, 5.41) is 12.6. The van der Waals surface area contributed by atoms with Crippen LogP contribution >= 0.6 is 11.8 Å². The summed E-state index contributed by atoms with van der Waals surface area (Å²) in [5.74, 6) is -0.547. The van der Waals surface area contributed by atoms with Gasteiger partial charge in [0.25, 0.3) is 5.91 Å². The Bertz CT molecular complexity index is 962. The molecule has 6 heteroatoms. The lowest BCUT2D eigenvalue weighted by Gasteiger charge is -2.19. The Balaban J connectivity index is 1.84. The van der Waals surface area contributed by atoms with Gasteiger partial charge in [0.1, 0.15) is 16.7 Å². The van der Waals surface area contributed by atoms with E-state index in [1.165, 1.54) is 16.7 Å². The molecule has 0 saturated carbocycles. The SMILES string of the molecule is CCC1SC(=C(C#N)C(=O)NCCc2ccccc2)N(c2ccc(C)cc2)C1=O. The number of nitrogens with one attached hydrogen (secondary N) is 1. The molecule has 0 spiro atoms. The third-order valence-corrected chi connectivity index (χ3v) is 6.14. The Hall–Kier alpha value is -3.04. The second-order valence-electron chi connectivity index (χ2n) is 6.81. The predicted molar refractivity (Wildman–Crippen MR) is 116 cm³/mol. The van der Waals surface area contributed by atoms with Gasteiger partial charge in [-0.2, -0.15) is 5.26 Å². The average Bonchev–Trinajstić information content (AvgIpc) is 3.06. The molecule has 0 aliphatic carbocycles. The summed E-state index contributed by atoms with van der Waals surface area (Å²) >= 11 is 1.29. The number of thioether (sulfide) groups is 1. The van der Waals surface area contributed by atoms with E-state index in [1.54, 1.807) is 0 Å². The van der Waals surface area contributed by atoms with Crippen LogP contribution in [0.25, 0.3) is 0 Å². The number of hydrogen-bond acceptors (Lipinski definition) is 4. The Morgan fingerprint density at radius 3 is 2.48 bits per heavy atom. The largest absolute Gasteiger partial charge is 0.351 e. The van der Waals surface area contributed by atoms with Gasteiger partial charge in [0, 0.05) is 12.2 Å². The lowest BCUT2D eigenvalue weighted by molar-refractivity contribution is -0.117. The van der Waals surface area contributed by atoms with Crippen molar-refractivity contribution >= 4 is 29.3 Å². The first-order chi connectivity index (χ1) is 14.0. The molecule has 3 rings (SSSR count). The van der Waals surface area contributed by atoms with Gasteiger partial charge in [0.05, 0.1) is 5.25 Å². The van der Waals surface area contributed by atoms with Gasteiger partial charge < -0.3 is 5.32 Å². The van der Waals surface area contributed by atoms with Crippen LogP contribution < -0.4 is 10.2 Å². The van der Waals surface area contributed by atoms with E-state index in [4.69, 9.17) is 0 Å². The van der Waals surface area contributed by atoms with Crippen LogP contribution in [-0.2, 0) is 16.0 Å². The maximum Gasteiger partial charge on any atom is 0.264 e. The fraction of sp³-hybridized carbons (Fsp3) is 0.261. The second kappa shape index (κ2) is 9.44. The van der Waals surface area contributed by atoms with E-state index in [9.17, 15) is 14.9 Å². The number of anilines is 1. The fourth-order valence-electron chi connectivity index (χ4n) is 3.10. The molecule has 0 aromatic heterocycles. The minimum atomic E-state index is -0.451. The van der Waals surface area contributed by atoms with Crippen molar-refractivity contribution in [2.24, 2.45) is 0 Å². The smallest absolute Gasteiger partial charge is 0.264 e. The van der Waals surface area contributed by atoms with E-state index in [2.05, 4.69) is 5.32 Å². The summed E-state index contributed by atoms with van der Waals surface area (Å²) in [6, 6.07) is 19.4. The number of hydrogen-bond donors (Lipinski definition) is 1. The first kappa shape index (κ1) is 20.7. The van der Waals surface area contributed by atoms with Gasteiger partial charge in [-0.15, -0.1) is 0 Å². The normalized spacial score (nSPS) is 17.8. The number of nitriles is 1. The average molecular weight is 406 g/mol. The molecule has 1 unspecified atom stereocenters. The molecule has 2 aromatic carbocycles. The maximum absolute atomic E-state index is 12.9. The highest BCUT2D eigenvalue weighted by molar-refractivity contribution is 8.05. The van der Waals surface area contributed by atoms with Crippen LogP contribution in [-0.4, -0.2) is 23.6 Å². The van der Waals surface area contributed by atoms with Crippen molar-refractivity contribution in [3.8, 4) is 6.07 Å². The number of carbonyl (C=O) groups excluding carboxylic acids is 2. The molecule has 1 aliphatic rings. The molecule has 2 aromatic rings. The molecule has 0 bridgehead atoms. The van der Waals surface area contributed by atoms with E-state index >= 15 is 0 Å². The predicted octanol–water partition coefficient (Wildman–Crippen LogP) is 3.95. The van der Waals surface area contributed by atoms with E-state index < -0.39 is 5.91 Å². The van der Waals surface area contributed by atoms with E-state index in [0.717, 1.165) is 11.1 Å². The van der Waals surface area contributed by atoms with Gasteiger partial charge >= 0.3 is 0 Å². The van der Waals surface area contributed by atoms with Crippen LogP contribution in [0.3, 0.4) is 0 Å². The van der Waals surface area contributed by atoms with Crippen molar-refractivity contribution < 1.29 is 9.59 Å². The molecular formula is C23H23N3O2S. The zero-order chi connectivity index (χ0) is 20.8. The molecule has 1 heterocycles. The van der Waals surface area contributed by atoms with Gasteiger partial charge in [0.15, 0.2) is 0 Å². The van der Waals surface area contributed by atoms with Crippen molar-refractivity contribution in [2.45, 2.75) is 31.9 Å². The highest BCUT2D eigenvalue weighted by Gasteiger charge is 2.39. The minimum Gasteiger partial charge on any atom is -0.351 e. The van der Waals surface area contributed by atoms with Crippen LogP contribution in [0.4, 0.5) is 5.69 Å². The van der Waals surface area contributed by atoms with Gasteiger partial charge in [0.2, 0.25) is 5.91 Å². The molecule has 1 fully saturated rings. The van der Waals surface area contributed by atoms with Crippen LogP contribution in [0.5, 0.6) is 0 Å². The first-order valence-electron chi connectivity index (χ1n) is 9.59. The molecule has 1 saturated heterocycles. The lowest BCUT2D eigenvalue weighted by atomic mass is 10.1. The van der Waals surface area contributed by atoms with Crippen molar-refractivity contribution in [1.29, 1.82) is 5.26 Å². The molecule has 148 valence electrons. The monoisotopic (exact) mass is 405 g/mol. The van der Waals surface area contributed by atoms with E-state index in [1.807, 2.05) is 74.5 Å². The summed E-state index contributed by atoms with van der Waals surface area (Å²) < 4.78 is 0. The van der Waals surface area contributed by atoms with Crippen molar-refractivity contribution in [2.75, 3.05) is 11.4 Å². The summed E-state index contributed by atoms with van der Waals surface area (Å²) in [6.07, 6.45) is 1.30. The van der Waals surface area contributed by atoms with E-state index in [0.29, 0.717) is 30.1 Å². The summed E-state index contributed by atoms with van der Waals surface area (Å²) in [6.45, 7) is 4.32. The molecule has 0 radical (unpaired) electrons. The van der Waals surface area contributed by atoms with Crippen molar-refractivity contribution in [1.82, 2.24) is 5.32 Å². The van der Waals surface area contributed by atoms with Gasteiger partial charge in [-0.3, -0.25) is 14.5 Å². The minimum absolute atomic E-state index is 0.0204. The van der Waals surface area contributed by atoms with Gasteiger partial charge in [-0.1, -0.05) is 66.7 Å². The van der Waals surface area contributed by atoms with Gasteiger partial charge in [-0.05, 0) is 37.5 Å². The van der Waals surface area contributed by atoms with Crippen LogP contribution in [0.1, 0.15) is 24.5 Å². The Kier molecular flexibility index (Phi) is 6.73. The number of aryl methyl sites for hydroxylation is 1. The molecule has 2 amide bonds. The standard InChI is InChI=1S/C23H23N3O2S/c1-3-20-22(28)26(18-11-9-16(2)10-12-18)23(29-20)19(15-24)21(27)25-14-13-17-7-5-4-6-8-17/h4-12,20H,3,13-14H2,1-2H3,(H,25,27). The second-order valence-corrected chi connectivity index (χ2v) is 8.00. The number of carbonyl (C=O) groups is 2. The number of rotatable bonds is 6. The van der Waals surface area contributed by atoms with Crippen LogP contribution in [0.15, 0.2) is 65.2 Å². The van der Waals surface area contributed by atoms with Crippen LogP contribution in [0, 0.1) is 18.3 Å². The zero-order valence-corrected chi connectivity index (χ0v) is 17.3. The van der Waals surface area contributed by atoms with Gasteiger partial charge in [-0.25, -0.2) is 0 Å². The Labute approximate surface area is 175 Å². The van der Waals surface area contributed by atoms with Crippen molar-refractivity contribution in [3.63, 3.8) is 0 Å². The van der Waals surface area contributed by atoms with Crippen molar-refractivity contribution in [3.05, 3.63) is 76.3 Å². The number of amides is 2. The maximum atomic E-state index is 12.9. The molecule has 1 aliphatic heterocycles. The highest BCUT2D eigenvalue weighted by atomic mass is 32.2. The zero-order valence-electron chi connectivity index (χ0n) is 16.5. The molecular weight excluding hydrogens is 382 g/mol. The Morgan fingerprint density at radius 1 is 1.17 bits per heavy atom. The molecule has 1 atom stereocenters. The molecule has 1 N–H and O–H groups in total. The highest BCUT2D eigenvalue weighted by Crippen LogP contribution is 2.41. The van der Waals surface area contributed by atoms with E-state index in [-0.39, 0.29) is 16.7 Å². The fourth-order valence-corrected chi connectivity index (χ4v) is 4.30. The Morgan fingerprint density at radius 2 is 1.86 bits per heavy atom. The first-order valence-corrected chi connectivity index (χ1v) is 10.5. The molecule has 5 nitrogen and oxygen atoms in total. The topological polar surface area (TPSA) is 73.2 Å². The number of nitrogens with zero attached hydrogens (tertiary/aromatic N) is 2. The summed E-state index contributed by atoms with van der Waals surface area (Å²) in [4.78, 5) is 27.2. The summed E-state index contributed by atoms with van der Waals surface area (Å²) in [7, 11) is 0.